The number of methoxy groups -OCH3 is 2. The van der Waals surface area contributed by atoms with Gasteiger partial charge in [-0.2, -0.15) is 0 Å². The van der Waals surface area contributed by atoms with Crippen molar-refractivity contribution in [2.45, 2.75) is 25.6 Å². The molecule has 2 unspecified atom stereocenters. The Balaban J connectivity index is 1.87. The van der Waals surface area contributed by atoms with E-state index in [9.17, 15) is 14.4 Å². The first-order valence-corrected chi connectivity index (χ1v) is 10.6. The minimum absolute atomic E-state index is 0.0858. The standard InChI is InChI=1S/C24H29N3O6/c1-16-7-9-17(10-8-16)14-27-21(23(29)25-11-12-31-2)22(33-24(27)30)18-5-4-6-19(13-18)26-20(28)15-32-3/h4-10,13,21-22H,11-12,14-15H2,1-3H3,(H,25,29)(H,26,28). The van der Waals surface area contributed by atoms with Crippen molar-refractivity contribution in [2.75, 3.05) is 39.3 Å². The number of nitrogens with one attached hydrogen (secondary N) is 2. The smallest absolute Gasteiger partial charge is 0.411 e. The lowest BCUT2D eigenvalue weighted by Gasteiger charge is -2.24. The Morgan fingerprint density at radius 2 is 1.85 bits per heavy atom. The van der Waals surface area contributed by atoms with Crippen molar-refractivity contribution in [3.63, 3.8) is 0 Å². The fourth-order valence-electron chi connectivity index (χ4n) is 3.60. The van der Waals surface area contributed by atoms with Gasteiger partial charge in [-0.1, -0.05) is 42.0 Å². The molecule has 0 saturated carbocycles. The summed E-state index contributed by atoms with van der Waals surface area (Å²) in [4.78, 5) is 39.3. The SMILES string of the molecule is COCCNC(=O)C1C(c2cccc(NC(=O)COC)c2)OC(=O)N1Cc1ccc(C)cc1. The number of carbonyl (C=O) groups excluding carboxylic acids is 3. The number of anilines is 1. The van der Waals surface area contributed by atoms with Crippen LogP contribution in [0.3, 0.4) is 0 Å². The lowest BCUT2D eigenvalue weighted by Crippen LogP contribution is -2.47. The highest BCUT2D eigenvalue weighted by Crippen LogP contribution is 2.35. The van der Waals surface area contributed by atoms with Gasteiger partial charge in [-0.3, -0.25) is 14.5 Å². The fourth-order valence-corrected chi connectivity index (χ4v) is 3.60. The number of carbonyl (C=O) groups is 3. The first kappa shape index (κ1) is 24.2. The molecule has 3 rings (SSSR count). The second-order valence-corrected chi connectivity index (χ2v) is 7.75. The first-order valence-electron chi connectivity index (χ1n) is 10.6. The highest BCUT2D eigenvalue weighted by Gasteiger charge is 2.47. The fraction of sp³-hybridized carbons (Fsp3) is 0.375. The van der Waals surface area contributed by atoms with Gasteiger partial charge in [0.15, 0.2) is 12.1 Å². The molecule has 9 nitrogen and oxygen atoms in total. The maximum Gasteiger partial charge on any atom is 0.411 e. The van der Waals surface area contributed by atoms with Crippen LogP contribution in [0.2, 0.25) is 0 Å². The number of ether oxygens (including phenoxy) is 3. The van der Waals surface area contributed by atoms with E-state index in [-0.39, 0.29) is 25.0 Å². The average molecular weight is 456 g/mol. The van der Waals surface area contributed by atoms with Crippen molar-refractivity contribution in [2.24, 2.45) is 0 Å². The van der Waals surface area contributed by atoms with Gasteiger partial charge < -0.3 is 24.8 Å². The summed E-state index contributed by atoms with van der Waals surface area (Å²) in [5, 5.41) is 5.54. The highest BCUT2D eigenvalue weighted by atomic mass is 16.6. The van der Waals surface area contributed by atoms with E-state index in [2.05, 4.69) is 10.6 Å². The van der Waals surface area contributed by atoms with Crippen molar-refractivity contribution in [1.29, 1.82) is 0 Å². The van der Waals surface area contributed by atoms with E-state index in [0.717, 1.165) is 11.1 Å². The summed E-state index contributed by atoms with van der Waals surface area (Å²) in [6.45, 7) is 2.77. The number of hydrogen-bond donors (Lipinski definition) is 2. The Kier molecular flexibility index (Phi) is 8.39. The summed E-state index contributed by atoms with van der Waals surface area (Å²) in [5.41, 5.74) is 3.09. The normalized spacial score (nSPS) is 17.5. The van der Waals surface area contributed by atoms with E-state index in [1.54, 1.807) is 31.4 Å². The zero-order valence-corrected chi connectivity index (χ0v) is 19.0. The lowest BCUT2D eigenvalue weighted by atomic mass is 10.00. The van der Waals surface area contributed by atoms with E-state index in [1.807, 2.05) is 31.2 Å². The van der Waals surface area contributed by atoms with Crippen LogP contribution in [-0.2, 0) is 30.3 Å². The van der Waals surface area contributed by atoms with E-state index in [4.69, 9.17) is 14.2 Å². The lowest BCUT2D eigenvalue weighted by molar-refractivity contribution is -0.126. The summed E-state index contributed by atoms with van der Waals surface area (Å²) in [7, 11) is 2.98. The molecule has 0 spiro atoms. The molecule has 2 aromatic rings. The van der Waals surface area contributed by atoms with Gasteiger partial charge in [0.2, 0.25) is 11.8 Å². The third-order valence-electron chi connectivity index (χ3n) is 5.21. The van der Waals surface area contributed by atoms with Crippen LogP contribution in [0.15, 0.2) is 48.5 Å². The number of aryl methyl sites for hydroxylation is 1. The van der Waals surface area contributed by atoms with Crippen molar-refractivity contribution >= 4 is 23.6 Å². The number of nitrogens with zero attached hydrogens (tertiary/aromatic N) is 1. The quantitative estimate of drug-likeness (QED) is 0.533. The van der Waals surface area contributed by atoms with Crippen molar-refractivity contribution in [1.82, 2.24) is 10.2 Å². The van der Waals surface area contributed by atoms with E-state index in [1.165, 1.54) is 12.0 Å². The van der Waals surface area contributed by atoms with Crippen LogP contribution in [0.4, 0.5) is 10.5 Å². The molecule has 0 bridgehead atoms. The molecule has 176 valence electrons. The molecule has 1 saturated heterocycles. The predicted octanol–water partition coefficient (Wildman–Crippen LogP) is 2.40. The van der Waals surface area contributed by atoms with Gasteiger partial charge in [0.05, 0.1) is 13.2 Å². The summed E-state index contributed by atoms with van der Waals surface area (Å²) in [6, 6.07) is 13.7. The van der Waals surface area contributed by atoms with Crippen molar-refractivity contribution in [3.8, 4) is 0 Å². The molecule has 3 amide bonds. The number of benzene rings is 2. The van der Waals surface area contributed by atoms with Crippen molar-refractivity contribution in [3.05, 3.63) is 65.2 Å². The molecule has 1 aliphatic rings. The summed E-state index contributed by atoms with van der Waals surface area (Å²) in [5.74, 6) is -0.656. The Morgan fingerprint density at radius 1 is 1.09 bits per heavy atom. The minimum Gasteiger partial charge on any atom is -0.438 e. The van der Waals surface area contributed by atoms with Gasteiger partial charge in [0, 0.05) is 26.5 Å². The van der Waals surface area contributed by atoms with Gasteiger partial charge in [-0.25, -0.2) is 4.79 Å². The Hall–Kier alpha value is -3.43. The monoisotopic (exact) mass is 455 g/mol. The van der Waals surface area contributed by atoms with E-state index in [0.29, 0.717) is 24.4 Å². The third-order valence-corrected chi connectivity index (χ3v) is 5.21. The molecule has 0 aliphatic carbocycles. The molecule has 0 aromatic heterocycles. The van der Waals surface area contributed by atoms with Crippen molar-refractivity contribution < 1.29 is 28.6 Å². The molecule has 1 aliphatic heterocycles. The molecule has 2 N–H and O–H groups in total. The zero-order valence-electron chi connectivity index (χ0n) is 19.0. The predicted molar refractivity (Wildman–Crippen MR) is 122 cm³/mol. The topological polar surface area (TPSA) is 106 Å². The number of hydrogen-bond acceptors (Lipinski definition) is 6. The van der Waals surface area contributed by atoms with Gasteiger partial charge in [0.25, 0.3) is 0 Å². The number of cyclic esters (lactones) is 1. The van der Waals surface area contributed by atoms with Gasteiger partial charge in [-0.15, -0.1) is 0 Å². The zero-order chi connectivity index (χ0) is 23.8. The molecular formula is C24H29N3O6. The van der Waals surface area contributed by atoms with Gasteiger partial charge in [0.1, 0.15) is 6.61 Å². The van der Waals surface area contributed by atoms with Crippen LogP contribution in [0.5, 0.6) is 0 Å². The maximum atomic E-state index is 13.1. The first-order chi connectivity index (χ1) is 15.9. The largest absolute Gasteiger partial charge is 0.438 e. The minimum atomic E-state index is -0.888. The molecule has 1 fully saturated rings. The number of amides is 3. The second-order valence-electron chi connectivity index (χ2n) is 7.75. The molecular weight excluding hydrogens is 426 g/mol. The highest BCUT2D eigenvalue weighted by molar-refractivity contribution is 5.92. The molecule has 2 aromatic carbocycles. The summed E-state index contributed by atoms with van der Waals surface area (Å²) < 4.78 is 15.5. The van der Waals surface area contributed by atoms with E-state index < -0.39 is 18.2 Å². The van der Waals surface area contributed by atoms with Crippen LogP contribution in [0.25, 0.3) is 0 Å². The molecule has 9 heteroatoms. The average Bonchev–Trinajstić information content (AvgIpc) is 3.12. The Labute approximate surface area is 193 Å². The molecule has 33 heavy (non-hydrogen) atoms. The third kappa shape index (κ3) is 6.30. The van der Waals surface area contributed by atoms with Crippen LogP contribution >= 0.6 is 0 Å². The Bertz CT molecular complexity index is 978. The summed E-state index contributed by atoms with van der Waals surface area (Å²) in [6.07, 6.45) is -1.42. The Morgan fingerprint density at radius 3 is 2.55 bits per heavy atom. The molecule has 0 radical (unpaired) electrons. The number of rotatable bonds is 10. The van der Waals surface area contributed by atoms with Crippen LogP contribution < -0.4 is 10.6 Å². The van der Waals surface area contributed by atoms with Crippen LogP contribution in [0.1, 0.15) is 22.8 Å². The summed E-state index contributed by atoms with van der Waals surface area (Å²) >= 11 is 0. The molecule has 2 atom stereocenters. The van der Waals surface area contributed by atoms with Crippen LogP contribution in [0, 0.1) is 6.92 Å². The maximum absolute atomic E-state index is 13.1. The van der Waals surface area contributed by atoms with Gasteiger partial charge >= 0.3 is 6.09 Å². The van der Waals surface area contributed by atoms with Gasteiger partial charge in [-0.05, 0) is 30.2 Å². The van der Waals surface area contributed by atoms with Crippen LogP contribution in [-0.4, -0.2) is 62.8 Å². The molecule has 1 heterocycles. The second kappa shape index (κ2) is 11.4. The van der Waals surface area contributed by atoms with E-state index >= 15 is 0 Å².